The van der Waals surface area contributed by atoms with Gasteiger partial charge in [-0.3, -0.25) is 9.52 Å². The molecule has 2 heterocycles. The van der Waals surface area contributed by atoms with Crippen LogP contribution in [0.4, 0.5) is 16.2 Å². The standard InChI is InChI=1S/C29H37N5O7S/c1-17-7-10-23(11-8-17)42(38,39)32-22-9-12-25-24(13-22)28(36)34(19(3)16-35)14-18(2)26(40-25)15-33(6)29(37)30-27-20(4)31-41-21(27)5/h7-13,18-19,26,32,35H,14-16H2,1-6H3,(H,30,37)/t18-,19+,26-/m1/s1. The Morgan fingerprint density at radius 2 is 1.88 bits per heavy atom. The summed E-state index contributed by atoms with van der Waals surface area (Å²) in [7, 11) is -2.29. The van der Waals surface area contributed by atoms with Crippen LogP contribution >= 0.6 is 0 Å². The number of hydrogen-bond acceptors (Lipinski definition) is 8. The van der Waals surface area contributed by atoms with Gasteiger partial charge in [0.2, 0.25) is 0 Å². The number of hydrogen-bond donors (Lipinski definition) is 3. The lowest BCUT2D eigenvalue weighted by Crippen LogP contribution is -2.50. The zero-order valence-corrected chi connectivity index (χ0v) is 25.4. The second-order valence-electron chi connectivity index (χ2n) is 10.8. The number of aryl methyl sites for hydroxylation is 3. The molecule has 0 fully saturated rings. The van der Waals surface area contributed by atoms with Gasteiger partial charge in [0.25, 0.3) is 15.9 Å². The first-order valence-corrected chi connectivity index (χ1v) is 15.1. The van der Waals surface area contributed by atoms with E-state index in [1.807, 2.05) is 13.8 Å². The molecule has 1 aliphatic rings. The number of aliphatic hydroxyl groups is 1. The molecule has 0 spiro atoms. The summed E-state index contributed by atoms with van der Waals surface area (Å²) in [6.07, 6.45) is -0.541. The Balaban J connectivity index is 1.62. The number of nitrogens with one attached hydrogen (secondary N) is 2. The highest BCUT2D eigenvalue weighted by atomic mass is 32.2. The molecule has 12 nitrogen and oxygen atoms in total. The minimum atomic E-state index is -3.92. The number of aromatic nitrogens is 1. The van der Waals surface area contributed by atoms with E-state index in [0.717, 1.165) is 5.56 Å². The van der Waals surface area contributed by atoms with Gasteiger partial charge < -0.3 is 29.5 Å². The number of anilines is 2. The van der Waals surface area contributed by atoms with Crippen molar-refractivity contribution in [3.8, 4) is 5.75 Å². The summed E-state index contributed by atoms with van der Waals surface area (Å²) in [6.45, 7) is 9.08. The number of fused-ring (bicyclic) bond motifs is 1. The topological polar surface area (TPSA) is 154 Å². The van der Waals surface area contributed by atoms with Crippen LogP contribution in [0.2, 0.25) is 0 Å². The van der Waals surface area contributed by atoms with Gasteiger partial charge in [-0.2, -0.15) is 0 Å². The van der Waals surface area contributed by atoms with E-state index >= 15 is 0 Å². The molecule has 1 aromatic heterocycles. The smallest absolute Gasteiger partial charge is 0.321 e. The van der Waals surface area contributed by atoms with Gasteiger partial charge in [0, 0.05) is 25.2 Å². The summed E-state index contributed by atoms with van der Waals surface area (Å²) in [5.74, 6) is 0.0899. The summed E-state index contributed by atoms with van der Waals surface area (Å²) in [4.78, 5) is 29.8. The van der Waals surface area contributed by atoms with Crippen molar-refractivity contribution in [2.24, 2.45) is 5.92 Å². The van der Waals surface area contributed by atoms with Crippen molar-refractivity contribution in [2.45, 2.75) is 51.7 Å². The third-order valence-electron chi connectivity index (χ3n) is 7.31. The van der Waals surface area contributed by atoms with E-state index in [0.29, 0.717) is 17.1 Å². The highest BCUT2D eigenvalue weighted by Gasteiger charge is 2.34. The molecule has 0 bridgehead atoms. The molecule has 0 unspecified atom stereocenters. The number of sulfonamides is 1. The highest BCUT2D eigenvalue weighted by Crippen LogP contribution is 2.31. The van der Waals surface area contributed by atoms with E-state index < -0.39 is 28.1 Å². The number of rotatable bonds is 8. The molecule has 0 radical (unpaired) electrons. The molecular weight excluding hydrogens is 562 g/mol. The lowest BCUT2D eigenvalue weighted by Gasteiger charge is -2.38. The Bertz CT molecular complexity index is 1540. The van der Waals surface area contributed by atoms with Gasteiger partial charge in [0.05, 0.1) is 29.7 Å². The number of aliphatic hydroxyl groups excluding tert-OH is 1. The van der Waals surface area contributed by atoms with Gasteiger partial charge in [-0.05, 0) is 58.0 Å². The maximum atomic E-state index is 13.7. The largest absolute Gasteiger partial charge is 0.487 e. The van der Waals surface area contributed by atoms with Crippen molar-refractivity contribution in [3.63, 3.8) is 0 Å². The fourth-order valence-electron chi connectivity index (χ4n) is 4.65. The second kappa shape index (κ2) is 12.4. The molecule has 4 rings (SSSR count). The Kier molecular flexibility index (Phi) is 9.12. The molecule has 0 saturated carbocycles. The van der Waals surface area contributed by atoms with Crippen molar-refractivity contribution in [3.05, 3.63) is 65.0 Å². The third-order valence-corrected chi connectivity index (χ3v) is 8.71. The van der Waals surface area contributed by atoms with Crippen LogP contribution in [-0.2, 0) is 10.0 Å². The van der Waals surface area contributed by atoms with Crippen LogP contribution in [0.5, 0.6) is 5.75 Å². The maximum Gasteiger partial charge on any atom is 0.321 e. The van der Waals surface area contributed by atoms with Gasteiger partial charge >= 0.3 is 6.03 Å². The lowest BCUT2D eigenvalue weighted by molar-refractivity contribution is 0.0371. The van der Waals surface area contributed by atoms with E-state index in [-0.39, 0.29) is 53.5 Å². The van der Waals surface area contributed by atoms with Crippen LogP contribution in [0.3, 0.4) is 0 Å². The molecular formula is C29H37N5O7S. The van der Waals surface area contributed by atoms with Crippen LogP contribution in [0, 0.1) is 26.7 Å². The number of amides is 3. The van der Waals surface area contributed by atoms with Crippen LogP contribution in [0.15, 0.2) is 51.9 Å². The van der Waals surface area contributed by atoms with Gasteiger partial charge in [0.15, 0.2) is 5.76 Å². The second-order valence-corrected chi connectivity index (χ2v) is 12.4. The van der Waals surface area contributed by atoms with Crippen LogP contribution in [0.25, 0.3) is 0 Å². The van der Waals surface area contributed by atoms with Crippen molar-refractivity contribution >= 4 is 33.3 Å². The van der Waals surface area contributed by atoms with Crippen molar-refractivity contribution in [1.82, 2.24) is 15.0 Å². The quantitative estimate of drug-likeness (QED) is 0.353. The molecule has 2 aromatic carbocycles. The lowest BCUT2D eigenvalue weighted by atomic mass is 9.99. The SMILES string of the molecule is Cc1ccc(S(=O)(=O)Nc2ccc3c(c2)C(=O)N([C@@H](C)CO)C[C@@H](C)[C@@H](CN(C)C(=O)Nc2c(C)noc2C)O3)cc1. The van der Waals surface area contributed by atoms with Gasteiger partial charge in [-0.25, -0.2) is 13.2 Å². The van der Waals surface area contributed by atoms with Crippen LogP contribution in [-0.4, -0.2) is 79.3 Å². The van der Waals surface area contributed by atoms with Crippen LogP contribution < -0.4 is 14.8 Å². The Morgan fingerprint density at radius 3 is 2.50 bits per heavy atom. The molecule has 13 heteroatoms. The fraction of sp³-hybridized carbons (Fsp3) is 0.414. The number of nitrogens with zero attached hydrogens (tertiary/aromatic N) is 3. The summed E-state index contributed by atoms with van der Waals surface area (Å²) in [5, 5.41) is 16.6. The third kappa shape index (κ3) is 6.68. The van der Waals surface area contributed by atoms with Gasteiger partial charge in [0.1, 0.15) is 23.2 Å². The zero-order valence-electron chi connectivity index (χ0n) is 24.5. The monoisotopic (exact) mass is 599 g/mol. The predicted octanol–water partition coefficient (Wildman–Crippen LogP) is 3.78. The van der Waals surface area contributed by atoms with Crippen molar-refractivity contribution < 1.29 is 32.4 Å². The summed E-state index contributed by atoms with van der Waals surface area (Å²) in [5.41, 5.74) is 2.30. The molecule has 42 heavy (non-hydrogen) atoms. The molecule has 3 aromatic rings. The van der Waals surface area contributed by atoms with Gasteiger partial charge in [-0.15, -0.1) is 0 Å². The van der Waals surface area contributed by atoms with E-state index in [2.05, 4.69) is 15.2 Å². The highest BCUT2D eigenvalue weighted by molar-refractivity contribution is 7.92. The Hall–Kier alpha value is -4.10. The number of carbonyl (C=O) groups is 2. The Morgan fingerprint density at radius 1 is 1.19 bits per heavy atom. The van der Waals surface area contributed by atoms with Crippen molar-refractivity contribution in [2.75, 3.05) is 36.8 Å². The molecule has 3 amide bonds. The first-order valence-electron chi connectivity index (χ1n) is 13.6. The molecule has 0 aliphatic carbocycles. The van der Waals surface area contributed by atoms with Crippen LogP contribution in [0.1, 0.15) is 41.2 Å². The van der Waals surface area contributed by atoms with E-state index in [4.69, 9.17) is 9.26 Å². The minimum Gasteiger partial charge on any atom is -0.487 e. The number of ether oxygens (including phenoxy) is 1. The van der Waals surface area contributed by atoms with E-state index in [1.165, 1.54) is 35.2 Å². The average molecular weight is 600 g/mol. The molecule has 0 saturated heterocycles. The maximum absolute atomic E-state index is 13.7. The zero-order chi connectivity index (χ0) is 30.8. The van der Waals surface area contributed by atoms with E-state index in [1.54, 1.807) is 44.9 Å². The molecule has 1 aliphatic heterocycles. The first kappa shape index (κ1) is 30.8. The molecule has 3 atom stereocenters. The van der Waals surface area contributed by atoms with E-state index in [9.17, 15) is 23.1 Å². The van der Waals surface area contributed by atoms with Crippen molar-refractivity contribution in [1.29, 1.82) is 0 Å². The summed E-state index contributed by atoms with van der Waals surface area (Å²) < 4.78 is 40.0. The first-order chi connectivity index (χ1) is 19.8. The predicted molar refractivity (Wildman–Crippen MR) is 157 cm³/mol. The minimum absolute atomic E-state index is 0.0877. The summed E-state index contributed by atoms with van der Waals surface area (Å²) in [6, 6.07) is 10.0. The number of likely N-dealkylation sites (N-methyl/N-ethyl adjacent to an activating group) is 1. The Labute approximate surface area is 245 Å². The fourth-order valence-corrected chi connectivity index (χ4v) is 5.70. The molecule has 226 valence electrons. The number of benzene rings is 2. The number of carbonyl (C=O) groups excluding carboxylic acids is 2. The summed E-state index contributed by atoms with van der Waals surface area (Å²) >= 11 is 0. The van der Waals surface area contributed by atoms with Gasteiger partial charge in [-0.1, -0.05) is 29.8 Å². The average Bonchev–Trinajstić information content (AvgIpc) is 3.26. The normalized spacial score (nSPS) is 17.9. The number of urea groups is 1. The molecule has 3 N–H and O–H groups in total.